The quantitative estimate of drug-likeness (QED) is 0.799. The van der Waals surface area contributed by atoms with E-state index in [0.29, 0.717) is 23.5 Å². The summed E-state index contributed by atoms with van der Waals surface area (Å²) in [7, 11) is -1.40. The molecule has 4 nitrogen and oxygen atoms in total. The molecule has 0 radical (unpaired) electrons. The Bertz CT molecular complexity index is 562. The van der Waals surface area contributed by atoms with E-state index in [1.54, 1.807) is 22.5 Å². The lowest BCUT2D eigenvalue weighted by Crippen LogP contribution is -2.52. The number of hydrogen-bond acceptors (Lipinski definition) is 3. The summed E-state index contributed by atoms with van der Waals surface area (Å²) in [6.07, 6.45) is 0.944. The van der Waals surface area contributed by atoms with Crippen LogP contribution in [-0.2, 0) is 15.9 Å². The van der Waals surface area contributed by atoms with Gasteiger partial charge in [0.05, 0.1) is 4.90 Å². The molecule has 1 aliphatic heterocycles. The number of halogens is 1. The molecule has 2 rings (SSSR count). The number of sulfonamides is 1. The molecule has 0 N–H and O–H groups in total. The summed E-state index contributed by atoms with van der Waals surface area (Å²) in [6, 6.07) is 7.26. The van der Waals surface area contributed by atoms with Crippen molar-refractivity contribution in [1.29, 1.82) is 0 Å². The van der Waals surface area contributed by atoms with Crippen LogP contribution in [0.2, 0.25) is 0 Å². The highest BCUT2D eigenvalue weighted by atomic mass is 35.5. The maximum Gasteiger partial charge on any atom is 0.243 e. The zero-order valence-electron chi connectivity index (χ0n) is 11.9. The number of nitrogens with zero attached hydrogens (tertiary/aromatic N) is 2. The average molecular weight is 317 g/mol. The first-order valence-electron chi connectivity index (χ1n) is 6.85. The first-order chi connectivity index (χ1) is 9.50. The summed E-state index contributed by atoms with van der Waals surface area (Å²) in [4.78, 5) is 2.56. The average Bonchev–Trinajstić information content (AvgIpc) is 2.47. The van der Waals surface area contributed by atoms with Crippen LogP contribution >= 0.6 is 11.6 Å². The smallest absolute Gasteiger partial charge is 0.243 e. The van der Waals surface area contributed by atoms with Crippen LogP contribution < -0.4 is 0 Å². The summed E-state index contributed by atoms with van der Waals surface area (Å²) in [5.41, 5.74) is 0.668. The van der Waals surface area contributed by atoms with Gasteiger partial charge in [-0.15, -0.1) is 11.6 Å². The molecule has 1 heterocycles. The summed E-state index contributed by atoms with van der Waals surface area (Å²) >= 11 is 5.86. The molecule has 20 heavy (non-hydrogen) atoms. The van der Waals surface area contributed by atoms with Crippen molar-refractivity contribution in [2.24, 2.45) is 0 Å². The maximum absolute atomic E-state index is 12.8. The molecule has 1 fully saturated rings. The van der Waals surface area contributed by atoms with Crippen LogP contribution in [0.25, 0.3) is 0 Å². The fourth-order valence-electron chi connectivity index (χ4n) is 2.58. The molecule has 1 saturated heterocycles. The van der Waals surface area contributed by atoms with Crippen molar-refractivity contribution in [2.45, 2.75) is 30.2 Å². The third-order valence-electron chi connectivity index (χ3n) is 3.95. The highest BCUT2D eigenvalue weighted by Crippen LogP contribution is 2.24. The Kier molecular flexibility index (Phi) is 5.07. The molecule has 1 unspecified atom stereocenters. The lowest BCUT2D eigenvalue weighted by molar-refractivity contribution is 0.144. The molecular formula is C14H21ClN2O2S. The highest BCUT2D eigenvalue weighted by molar-refractivity contribution is 7.89. The summed E-state index contributed by atoms with van der Waals surface area (Å²) < 4.78 is 27.2. The molecule has 0 aliphatic carbocycles. The second kappa shape index (κ2) is 6.43. The van der Waals surface area contributed by atoms with Crippen LogP contribution in [0.3, 0.4) is 0 Å². The fraction of sp³-hybridized carbons (Fsp3) is 0.571. The Balaban J connectivity index is 2.31. The minimum Gasteiger partial charge on any atom is -0.301 e. The summed E-state index contributed by atoms with van der Waals surface area (Å²) in [6.45, 7) is 3.93. The van der Waals surface area contributed by atoms with Crippen molar-refractivity contribution in [2.75, 3.05) is 26.7 Å². The monoisotopic (exact) mass is 316 g/mol. The van der Waals surface area contributed by atoms with Gasteiger partial charge in [0.25, 0.3) is 0 Å². The molecule has 0 aromatic heterocycles. The van der Waals surface area contributed by atoms with Crippen LogP contribution in [0, 0.1) is 0 Å². The molecule has 1 atom stereocenters. The van der Waals surface area contributed by atoms with Gasteiger partial charge < -0.3 is 4.90 Å². The lowest BCUT2D eigenvalue weighted by Gasteiger charge is -2.38. The number of alkyl halides is 1. The molecule has 0 bridgehead atoms. The number of likely N-dealkylation sites (N-methyl/N-ethyl adjacent to an activating group) is 1. The molecule has 0 amide bonds. The highest BCUT2D eigenvalue weighted by Gasteiger charge is 2.32. The second-order valence-corrected chi connectivity index (χ2v) is 7.32. The third kappa shape index (κ3) is 3.01. The van der Waals surface area contributed by atoms with E-state index in [2.05, 4.69) is 11.8 Å². The van der Waals surface area contributed by atoms with Gasteiger partial charge in [-0.05, 0) is 25.1 Å². The normalized spacial score (nSPS) is 22.1. The van der Waals surface area contributed by atoms with E-state index in [-0.39, 0.29) is 11.9 Å². The predicted octanol–water partition coefficient (Wildman–Crippen LogP) is 2.14. The minimum absolute atomic E-state index is 0.209. The number of hydrogen-bond donors (Lipinski definition) is 0. The Morgan fingerprint density at radius 2 is 2.00 bits per heavy atom. The Hall–Kier alpha value is -0.620. The topological polar surface area (TPSA) is 40.6 Å². The summed E-state index contributed by atoms with van der Waals surface area (Å²) in [5, 5.41) is 0. The largest absolute Gasteiger partial charge is 0.301 e. The van der Waals surface area contributed by atoms with Gasteiger partial charge in [0.15, 0.2) is 0 Å². The molecule has 0 spiro atoms. The van der Waals surface area contributed by atoms with Gasteiger partial charge in [-0.1, -0.05) is 25.1 Å². The Morgan fingerprint density at radius 3 is 2.65 bits per heavy atom. The van der Waals surface area contributed by atoms with Crippen molar-refractivity contribution in [1.82, 2.24) is 9.21 Å². The van der Waals surface area contributed by atoms with Crippen molar-refractivity contribution in [3.05, 3.63) is 29.8 Å². The van der Waals surface area contributed by atoms with E-state index in [4.69, 9.17) is 11.6 Å². The first-order valence-corrected chi connectivity index (χ1v) is 8.82. The molecule has 1 aromatic rings. The Morgan fingerprint density at radius 1 is 1.30 bits per heavy atom. The van der Waals surface area contributed by atoms with E-state index in [0.717, 1.165) is 13.0 Å². The van der Waals surface area contributed by atoms with Gasteiger partial charge in [-0.25, -0.2) is 8.42 Å². The minimum atomic E-state index is -3.45. The molecule has 1 aliphatic rings. The van der Waals surface area contributed by atoms with E-state index in [1.807, 2.05) is 13.1 Å². The number of piperazine rings is 1. The van der Waals surface area contributed by atoms with Crippen LogP contribution in [0.15, 0.2) is 29.2 Å². The van der Waals surface area contributed by atoms with Gasteiger partial charge in [0.1, 0.15) is 0 Å². The zero-order chi connectivity index (χ0) is 14.8. The fourth-order valence-corrected chi connectivity index (χ4v) is 4.58. The second-order valence-electron chi connectivity index (χ2n) is 5.15. The van der Waals surface area contributed by atoms with E-state index in [9.17, 15) is 8.42 Å². The standard InChI is InChI=1S/C14H21ClN2O2S/c1-3-13-11-17(9-8-16(13)2)20(18,19)14-7-5-4-6-12(14)10-15/h4-7,13H,3,8-11H2,1-2H3. The van der Waals surface area contributed by atoms with Crippen molar-refractivity contribution in [3.63, 3.8) is 0 Å². The van der Waals surface area contributed by atoms with Crippen molar-refractivity contribution in [3.8, 4) is 0 Å². The van der Waals surface area contributed by atoms with Gasteiger partial charge in [-0.3, -0.25) is 0 Å². The molecule has 6 heteroatoms. The molecule has 1 aromatic carbocycles. The van der Waals surface area contributed by atoms with Gasteiger partial charge in [0.2, 0.25) is 10.0 Å². The van der Waals surface area contributed by atoms with Crippen molar-refractivity contribution >= 4 is 21.6 Å². The van der Waals surface area contributed by atoms with Crippen LogP contribution in [0.4, 0.5) is 0 Å². The van der Waals surface area contributed by atoms with Crippen LogP contribution in [0.1, 0.15) is 18.9 Å². The van der Waals surface area contributed by atoms with E-state index < -0.39 is 10.0 Å². The SMILES string of the molecule is CCC1CN(S(=O)(=O)c2ccccc2CCl)CCN1C. The number of benzene rings is 1. The molecule has 112 valence electrons. The zero-order valence-corrected chi connectivity index (χ0v) is 13.5. The molecule has 0 saturated carbocycles. The third-order valence-corrected chi connectivity index (χ3v) is 6.20. The summed E-state index contributed by atoms with van der Waals surface area (Å²) in [5.74, 6) is 0.209. The Labute approximate surface area is 126 Å². The molecular weight excluding hydrogens is 296 g/mol. The lowest BCUT2D eigenvalue weighted by atomic mass is 10.1. The van der Waals surface area contributed by atoms with Gasteiger partial charge in [-0.2, -0.15) is 4.31 Å². The van der Waals surface area contributed by atoms with Gasteiger partial charge in [0, 0.05) is 31.6 Å². The van der Waals surface area contributed by atoms with Crippen molar-refractivity contribution < 1.29 is 8.42 Å². The van der Waals surface area contributed by atoms with Gasteiger partial charge >= 0.3 is 0 Å². The number of rotatable bonds is 4. The van der Waals surface area contributed by atoms with E-state index >= 15 is 0 Å². The predicted molar refractivity (Wildman–Crippen MR) is 81.5 cm³/mol. The van der Waals surface area contributed by atoms with Crippen LogP contribution in [-0.4, -0.2) is 50.3 Å². The first kappa shape index (κ1) is 15.8. The van der Waals surface area contributed by atoms with Crippen LogP contribution in [0.5, 0.6) is 0 Å². The maximum atomic E-state index is 12.8. The van der Waals surface area contributed by atoms with E-state index in [1.165, 1.54) is 0 Å².